The highest BCUT2D eigenvalue weighted by Gasteiger charge is 2.45. The van der Waals surface area contributed by atoms with Crippen LogP contribution in [0, 0.1) is 0 Å². The molecule has 0 radical (unpaired) electrons. The number of hydrogen-bond donors (Lipinski definition) is 0. The molecule has 0 aromatic heterocycles. The van der Waals surface area contributed by atoms with Crippen LogP contribution in [0.1, 0.15) is 19.4 Å². The number of carbonyl (C=O) groups is 3. The number of urea groups is 1. The van der Waals surface area contributed by atoms with Crippen molar-refractivity contribution in [3.63, 3.8) is 0 Å². The predicted molar refractivity (Wildman–Crippen MR) is 101 cm³/mol. The minimum atomic E-state index is -0.772. The molecule has 1 fully saturated rings. The minimum absolute atomic E-state index is 0.0628. The first-order valence-corrected chi connectivity index (χ1v) is 8.76. The molecule has 7 nitrogen and oxygen atoms in total. The smallest absolute Gasteiger partial charge is 0.335 e. The summed E-state index contributed by atoms with van der Waals surface area (Å²) in [5.41, 5.74) is 1.04. The van der Waals surface area contributed by atoms with Crippen molar-refractivity contribution in [2.75, 3.05) is 20.8 Å². The quantitative estimate of drug-likeness (QED) is 0.578. The van der Waals surface area contributed by atoms with Gasteiger partial charge in [0.05, 0.1) is 13.8 Å². The van der Waals surface area contributed by atoms with Gasteiger partial charge >= 0.3 is 17.8 Å². The van der Waals surface area contributed by atoms with E-state index in [1.807, 2.05) is 35.2 Å². The van der Waals surface area contributed by atoms with Crippen LogP contribution in [0.25, 0.3) is 10.8 Å². The zero-order chi connectivity index (χ0) is 19.7. The van der Waals surface area contributed by atoms with Crippen LogP contribution in [0.3, 0.4) is 0 Å². The van der Waals surface area contributed by atoms with Gasteiger partial charge in [-0.3, -0.25) is 19.4 Å². The summed E-state index contributed by atoms with van der Waals surface area (Å²) >= 11 is 0. The van der Waals surface area contributed by atoms with Crippen molar-refractivity contribution in [1.29, 1.82) is 0 Å². The number of amides is 4. The van der Waals surface area contributed by atoms with E-state index >= 15 is 0 Å². The molecule has 3 rings (SSSR count). The molecule has 7 heteroatoms. The maximum absolute atomic E-state index is 12.4. The summed E-state index contributed by atoms with van der Waals surface area (Å²) < 4.78 is 5.24. The van der Waals surface area contributed by atoms with Gasteiger partial charge in [-0.1, -0.05) is 18.2 Å². The van der Waals surface area contributed by atoms with Crippen LogP contribution in [0.15, 0.2) is 36.4 Å². The van der Waals surface area contributed by atoms with Crippen LogP contribution >= 0.6 is 0 Å². The number of methoxy groups -OCH3 is 1. The number of rotatable bonds is 6. The van der Waals surface area contributed by atoms with E-state index in [-0.39, 0.29) is 12.7 Å². The van der Waals surface area contributed by atoms with Crippen molar-refractivity contribution in [2.24, 2.45) is 0 Å². The van der Waals surface area contributed by atoms with Gasteiger partial charge in [-0.2, -0.15) is 0 Å². The normalized spacial score (nSPS) is 15.0. The molecule has 0 aliphatic carbocycles. The second kappa shape index (κ2) is 7.36. The molecule has 0 spiro atoms. The number of benzene rings is 2. The number of nitrogens with zero attached hydrogens (tertiary/aromatic N) is 3. The van der Waals surface area contributed by atoms with Crippen molar-refractivity contribution in [1.82, 2.24) is 14.7 Å². The van der Waals surface area contributed by atoms with Crippen molar-refractivity contribution < 1.29 is 19.1 Å². The molecule has 0 unspecified atom stereocenters. The van der Waals surface area contributed by atoms with E-state index in [1.54, 1.807) is 28.0 Å². The minimum Gasteiger partial charge on any atom is -0.497 e. The van der Waals surface area contributed by atoms with Crippen LogP contribution in [0.2, 0.25) is 0 Å². The lowest BCUT2D eigenvalue weighted by molar-refractivity contribution is -0.144. The molecule has 4 amide bonds. The van der Waals surface area contributed by atoms with Gasteiger partial charge in [-0.05, 0) is 55.4 Å². The fourth-order valence-electron chi connectivity index (χ4n) is 3.20. The summed E-state index contributed by atoms with van der Waals surface area (Å²) in [6.07, 6.45) is 0. The maximum atomic E-state index is 12.4. The second-order valence-corrected chi connectivity index (χ2v) is 6.99. The van der Waals surface area contributed by atoms with Gasteiger partial charge in [0.1, 0.15) is 5.75 Å². The Morgan fingerprint density at radius 3 is 2.30 bits per heavy atom. The van der Waals surface area contributed by atoms with E-state index in [1.165, 1.54) is 0 Å². The molecule has 27 heavy (non-hydrogen) atoms. The SMILES string of the molecule is COc1ccc2cc(CN(C)CN3C(=O)C(=O)N(C(C)C)C3=O)ccc2c1. The lowest BCUT2D eigenvalue weighted by Gasteiger charge is -2.23. The van der Waals surface area contributed by atoms with Gasteiger partial charge in [0.15, 0.2) is 0 Å². The molecule has 0 N–H and O–H groups in total. The lowest BCUT2D eigenvalue weighted by Crippen LogP contribution is -2.41. The molecule has 142 valence electrons. The van der Waals surface area contributed by atoms with Gasteiger partial charge in [-0.15, -0.1) is 0 Å². The standard InChI is InChI=1S/C20H23N3O4/c1-13(2)23-19(25)18(24)22(20(23)26)12-21(3)11-14-5-6-16-10-17(27-4)8-7-15(16)9-14/h5-10,13H,11-12H2,1-4H3. The molecular formula is C20H23N3O4. The van der Waals surface area contributed by atoms with Gasteiger partial charge < -0.3 is 4.74 Å². The lowest BCUT2D eigenvalue weighted by atomic mass is 10.1. The van der Waals surface area contributed by atoms with E-state index in [9.17, 15) is 14.4 Å². The van der Waals surface area contributed by atoms with Crippen LogP contribution in [-0.2, 0) is 16.1 Å². The van der Waals surface area contributed by atoms with Gasteiger partial charge in [0, 0.05) is 12.6 Å². The highest BCUT2D eigenvalue weighted by molar-refractivity contribution is 6.44. The zero-order valence-electron chi connectivity index (χ0n) is 15.9. The summed E-state index contributed by atoms with van der Waals surface area (Å²) in [5.74, 6) is -0.730. The topological polar surface area (TPSA) is 70.2 Å². The predicted octanol–water partition coefficient (Wildman–Crippen LogP) is 2.44. The molecule has 1 heterocycles. The Morgan fingerprint density at radius 1 is 1.00 bits per heavy atom. The van der Waals surface area contributed by atoms with Gasteiger partial charge in [0.25, 0.3) is 0 Å². The third-order valence-electron chi connectivity index (χ3n) is 4.55. The highest BCUT2D eigenvalue weighted by atomic mass is 16.5. The summed E-state index contributed by atoms with van der Waals surface area (Å²) in [6, 6.07) is 11.0. The van der Waals surface area contributed by atoms with E-state index in [0.29, 0.717) is 6.54 Å². The molecule has 1 aliphatic rings. The van der Waals surface area contributed by atoms with E-state index in [4.69, 9.17) is 4.74 Å². The fraction of sp³-hybridized carbons (Fsp3) is 0.350. The Labute approximate surface area is 158 Å². The van der Waals surface area contributed by atoms with Gasteiger partial charge in [0.2, 0.25) is 0 Å². The van der Waals surface area contributed by atoms with Crippen LogP contribution in [0.5, 0.6) is 5.75 Å². The molecule has 0 bridgehead atoms. The molecule has 0 atom stereocenters. The monoisotopic (exact) mass is 369 g/mol. The number of fused-ring (bicyclic) bond motifs is 1. The number of hydrogen-bond acceptors (Lipinski definition) is 5. The number of carbonyl (C=O) groups excluding carboxylic acids is 3. The summed E-state index contributed by atoms with van der Waals surface area (Å²) in [6.45, 7) is 4.02. The fourth-order valence-corrected chi connectivity index (χ4v) is 3.20. The van der Waals surface area contributed by atoms with Crippen molar-refractivity contribution in [2.45, 2.75) is 26.4 Å². The average molecular weight is 369 g/mol. The Kier molecular flexibility index (Phi) is 5.14. The molecule has 2 aromatic carbocycles. The number of ether oxygens (including phenoxy) is 1. The third-order valence-corrected chi connectivity index (χ3v) is 4.55. The largest absolute Gasteiger partial charge is 0.497 e. The Balaban J connectivity index is 1.71. The molecular weight excluding hydrogens is 346 g/mol. The number of imide groups is 2. The highest BCUT2D eigenvalue weighted by Crippen LogP contribution is 2.23. The Morgan fingerprint density at radius 2 is 1.67 bits per heavy atom. The third kappa shape index (κ3) is 3.64. The summed E-state index contributed by atoms with van der Waals surface area (Å²) in [4.78, 5) is 40.3. The van der Waals surface area contributed by atoms with E-state index in [0.717, 1.165) is 31.9 Å². The second-order valence-electron chi connectivity index (χ2n) is 6.99. The van der Waals surface area contributed by atoms with E-state index in [2.05, 4.69) is 6.07 Å². The van der Waals surface area contributed by atoms with Crippen LogP contribution < -0.4 is 4.74 Å². The summed E-state index contributed by atoms with van der Waals surface area (Å²) in [5, 5.41) is 2.15. The van der Waals surface area contributed by atoms with Crippen molar-refractivity contribution >= 4 is 28.6 Å². The summed E-state index contributed by atoms with van der Waals surface area (Å²) in [7, 11) is 3.44. The molecule has 1 aliphatic heterocycles. The first-order valence-electron chi connectivity index (χ1n) is 8.76. The first-order chi connectivity index (χ1) is 12.8. The Bertz CT molecular complexity index is 909. The zero-order valence-corrected chi connectivity index (χ0v) is 15.9. The Hall–Kier alpha value is -2.93. The van der Waals surface area contributed by atoms with Crippen molar-refractivity contribution in [3.8, 4) is 5.75 Å². The van der Waals surface area contributed by atoms with E-state index < -0.39 is 17.8 Å². The first kappa shape index (κ1) is 18.8. The molecule has 1 saturated heterocycles. The van der Waals surface area contributed by atoms with Crippen LogP contribution in [-0.4, -0.2) is 59.4 Å². The van der Waals surface area contributed by atoms with Crippen molar-refractivity contribution in [3.05, 3.63) is 42.0 Å². The maximum Gasteiger partial charge on any atom is 0.335 e. The molecule has 2 aromatic rings. The average Bonchev–Trinajstić information content (AvgIpc) is 2.84. The van der Waals surface area contributed by atoms with Crippen LogP contribution in [0.4, 0.5) is 4.79 Å². The molecule has 0 saturated carbocycles. The van der Waals surface area contributed by atoms with Gasteiger partial charge in [-0.25, -0.2) is 9.69 Å².